The molecule has 2 aromatic heterocycles. The Labute approximate surface area is 195 Å². The molecule has 1 N–H and O–H groups in total. The van der Waals surface area contributed by atoms with Crippen LogP contribution in [0.5, 0.6) is 11.5 Å². The van der Waals surface area contributed by atoms with Gasteiger partial charge in [0.2, 0.25) is 11.8 Å². The zero-order chi connectivity index (χ0) is 23.2. The Balaban J connectivity index is 1.63. The molecule has 0 unspecified atom stereocenters. The van der Waals surface area contributed by atoms with Crippen molar-refractivity contribution in [3.8, 4) is 28.6 Å². The molecule has 0 aliphatic carbocycles. The van der Waals surface area contributed by atoms with Gasteiger partial charge in [0.25, 0.3) is 0 Å². The van der Waals surface area contributed by atoms with Crippen molar-refractivity contribution in [1.29, 1.82) is 0 Å². The van der Waals surface area contributed by atoms with E-state index in [0.717, 1.165) is 17.0 Å². The minimum absolute atomic E-state index is 0.118. The highest BCUT2D eigenvalue weighted by atomic mass is 32.2. The van der Waals surface area contributed by atoms with Gasteiger partial charge in [-0.3, -0.25) is 14.7 Å². The first-order chi connectivity index (χ1) is 16.1. The van der Waals surface area contributed by atoms with Crippen LogP contribution in [-0.2, 0) is 4.79 Å². The molecule has 0 bridgehead atoms. The highest BCUT2D eigenvalue weighted by molar-refractivity contribution is 7.99. The van der Waals surface area contributed by atoms with Gasteiger partial charge in [-0.25, -0.2) is 0 Å². The summed E-state index contributed by atoms with van der Waals surface area (Å²) in [4.78, 5) is 12.4. The lowest BCUT2D eigenvalue weighted by molar-refractivity contribution is -0.113. The molecule has 9 nitrogen and oxygen atoms in total. The Kier molecular flexibility index (Phi) is 6.94. The van der Waals surface area contributed by atoms with Crippen LogP contribution in [0.25, 0.3) is 17.1 Å². The van der Waals surface area contributed by atoms with Gasteiger partial charge in [0.1, 0.15) is 11.5 Å². The Bertz CT molecular complexity index is 1240. The molecular formula is C23H23N5O4S. The monoisotopic (exact) mass is 465 g/mol. The standard InChI is InChI=1S/C23H23N5O4S/c1-4-31-18-10-8-17(9-11-18)28-22(16-6-5-7-19(13-16)30-3)25-26-23(28)33-14-20(29)24-21-12-15(2)27-32-21/h5-13H,4,14H2,1-3H3,(H,24,29). The topological polar surface area (TPSA) is 104 Å². The number of methoxy groups -OCH3 is 1. The molecule has 0 saturated heterocycles. The summed E-state index contributed by atoms with van der Waals surface area (Å²) in [5, 5.41) is 15.8. The van der Waals surface area contributed by atoms with E-state index in [1.165, 1.54) is 11.8 Å². The first kappa shape index (κ1) is 22.4. The maximum absolute atomic E-state index is 12.4. The Hall–Kier alpha value is -3.79. The van der Waals surface area contributed by atoms with Crippen molar-refractivity contribution in [2.24, 2.45) is 0 Å². The van der Waals surface area contributed by atoms with E-state index in [0.29, 0.717) is 34.9 Å². The molecule has 0 radical (unpaired) electrons. The van der Waals surface area contributed by atoms with Crippen molar-refractivity contribution in [1.82, 2.24) is 19.9 Å². The van der Waals surface area contributed by atoms with Crippen molar-refractivity contribution in [3.63, 3.8) is 0 Å². The molecule has 1 amide bonds. The number of nitrogens with zero attached hydrogens (tertiary/aromatic N) is 4. The molecule has 0 aliphatic heterocycles. The van der Waals surface area contributed by atoms with E-state index >= 15 is 0 Å². The summed E-state index contributed by atoms with van der Waals surface area (Å²) in [6, 6.07) is 16.9. The number of hydrogen-bond donors (Lipinski definition) is 1. The summed E-state index contributed by atoms with van der Waals surface area (Å²) >= 11 is 1.27. The first-order valence-electron chi connectivity index (χ1n) is 10.3. The van der Waals surface area contributed by atoms with Crippen LogP contribution < -0.4 is 14.8 Å². The van der Waals surface area contributed by atoms with Gasteiger partial charge in [-0.15, -0.1) is 10.2 Å². The van der Waals surface area contributed by atoms with Gasteiger partial charge in [-0.05, 0) is 50.2 Å². The van der Waals surface area contributed by atoms with Gasteiger partial charge in [-0.1, -0.05) is 29.1 Å². The maximum Gasteiger partial charge on any atom is 0.237 e. The number of amides is 1. The van der Waals surface area contributed by atoms with E-state index in [9.17, 15) is 4.79 Å². The van der Waals surface area contributed by atoms with Crippen LogP contribution in [0.3, 0.4) is 0 Å². The van der Waals surface area contributed by atoms with E-state index in [4.69, 9.17) is 14.0 Å². The van der Waals surface area contributed by atoms with Crippen molar-refractivity contribution < 1.29 is 18.8 Å². The van der Waals surface area contributed by atoms with Crippen molar-refractivity contribution >= 4 is 23.6 Å². The normalized spacial score (nSPS) is 10.8. The van der Waals surface area contributed by atoms with Gasteiger partial charge in [-0.2, -0.15) is 0 Å². The third-order valence-corrected chi connectivity index (χ3v) is 5.52. The molecule has 0 fully saturated rings. The third-order valence-electron chi connectivity index (χ3n) is 4.59. The molecule has 33 heavy (non-hydrogen) atoms. The second-order valence-corrected chi connectivity index (χ2v) is 7.91. The van der Waals surface area contributed by atoms with Gasteiger partial charge >= 0.3 is 0 Å². The van der Waals surface area contributed by atoms with Crippen LogP contribution in [0, 0.1) is 6.92 Å². The molecule has 10 heteroatoms. The van der Waals surface area contributed by atoms with Crippen molar-refractivity contribution in [2.45, 2.75) is 19.0 Å². The second-order valence-electron chi connectivity index (χ2n) is 6.97. The van der Waals surface area contributed by atoms with Crippen LogP contribution in [0.2, 0.25) is 0 Å². The first-order valence-corrected chi connectivity index (χ1v) is 11.2. The zero-order valence-electron chi connectivity index (χ0n) is 18.4. The molecule has 0 atom stereocenters. The lowest BCUT2D eigenvalue weighted by atomic mass is 10.2. The SMILES string of the molecule is CCOc1ccc(-n2c(SCC(=O)Nc3cc(C)no3)nnc2-c2cccc(OC)c2)cc1. The summed E-state index contributed by atoms with van der Waals surface area (Å²) in [5.41, 5.74) is 2.37. The lowest BCUT2D eigenvalue weighted by Gasteiger charge is -2.12. The summed E-state index contributed by atoms with van der Waals surface area (Å²) in [6.45, 7) is 4.31. The summed E-state index contributed by atoms with van der Waals surface area (Å²) < 4.78 is 17.9. The number of ether oxygens (including phenoxy) is 2. The number of anilines is 1. The summed E-state index contributed by atoms with van der Waals surface area (Å²) in [5.74, 6) is 2.31. The number of nitrogens with one attached hydrogen (secondary N) is 1. The van der Waals surface area contributed by atoms with Crippen molar-refractivity contribution in [3.05, 3.63) is 60.3 Å². The van der Waals surface area contributed by atoms with Crippen LogP contribution >= 0.6 is 11.8 Å². The number of rotatable bonds is 9. The molecule has 4 rings (SSSR count). The average molecular weight is 466 g/mol. The van der Waals surface area contributed by atoms with E-state index in [-0.39, 0.29) is 11.7 Å². The molecular weight excluding hydrogens is 442 g/mol. The maximum atomic E-state index is 12.4. The van der Waals surface area contributed by atoms with Crippen LogP contribution in [0.4, 0.5) is 5.88 Å². The second kappa shape index (κ2) is 10.2. The number of hydrogen-bond acceptors (Lipinski definition) is 8. The van der Waals surface area contributed by atoms with Gasteiger partial charge in [0.05, 0.1) is 25.2 Å². The highest BCUT2D eigenvalue weighted by Gasteiger charge is 2.18. The minimum Gasteiger partial charge on any atom is -0.497 e. The Morgan fingerprint density at radius 2 is 1.94 bits per heavy atom. The Morgan fingerprint density at radius 3 is 2.64 bits per heavy atom. The molecule has 0 saturated carbocycles. The highest BCUT2D eigenvalue weighted by Crippen LogP contribution is 2.30. The summed E-state index contributed by atoms with van der Waals surface area (Å²) in [6.07, 6.45) is 0. The van der Waals surface area contributed by atoms with E-state index in [1.54, 1.807) is 20.1 Å². The minimum atomic E-state index is -0.236. The van der Waals surface area contributed by atoms with Gasteiger partial charge < -0.3 is 14.0 Å². The Morgan fingerprint density at radius 1 is 1.12 bits per heavy atom. The predicted octanol–water partition coefficient (Wildman–Crippen LogP) is 4.37. The quantitative estimate of drug-likeness (QED) is 0.364. The van der Waals surface area contributed by atoms with Gasteiger partial charge in [0.15, 0.2) is 11.0 Å². The average Bonchev–Trinajstić information content (AvgIpc) is 3.44. The van der Waals surface area contributed by atoms with E-state index in [1.807, 2.05) is 60.0 Å². The fourth-order valence-corrected chi connectivity index (χ4v) is 3.88. The molecule has 0 spiro atoms. The predicted molar refractivity (Wildman–Crippen MR) is 125 cm³/mol. The number of aryl methyl sites for hydroxylation is 1. The largest absolute Gasteiger partial charge is 0.497 e. The number of thioether (sulfide) groups is 1. The number of benzene rings is 2. The zero-order valence-corrected chi connectivity index (χ0v) is 19.3. The molecule has 0 aliphatic rings. The van der Waals surface area contributed by atoms with E-state index in [2.05, 4.69) is 20.7 Å². The van der Waals surface area contributed by atoms with Crippen LogP contribution in [0.15, 0.2) is 64.3 Å². The van der Waals surface area contributed by atoms with E-state index < -0.39 is 0 Å². The van der Waals surface area contributed by atoms with Crippen molar-refractivity contribution in [2.75, 3.05) is 24.8 Å². The lowest BCUT2D eigenvalue weighted by Crippen LogP contribution is -2.14. The molecule has 4 aromatic rings. The fourth-order valence-electron chi connectivity index (χ4n) is 3.13. The number of aromatic nitrogens is 4. The summed E-state index contributed by atoms with van der Waals surface area (Å²) in [7, 11) is 1.62. The van der Waals surface area contributed by atoms with Crippen LogP contribution in [0.1, 0.15) is 12.6 Å². The fraction of sp³-hybridized carbons (Fsp3) is 0.217. The number of carbonyl (C=O) groups is 1. The molecule has 2 aromatic carbocycles. The third kappa shape index (κ3) is 5.35. The number of carbonyl (C=O) groups excluding carboxylic acids is 1. The van der Waals surface area contributed by atoms with Gasteiger partial charge in [0, 0.05) is 17.3 Å². The smallest absolute Gasteiger partial charge is 0.237 e. The van der Waals surface area contributed by atoms with Crippen LogP contribution in [-0.4, -0.2) is 45.3 Å². The molecule has 2 heterocycles. The molecule has 170 valence electrons.